The Morgan fingerprint density at radius 1 is 0.889 bits per heavy atom. The molecule has 0 amide bonds. The number of hydrogen-bond acceptors (Lipinski definition) is 1. The van der Waals surface area contributed by atoms with E-state index in [0.29, 0.717) is 17.9 Å². The largest absolute Gasteiger partial charge is 0.416 e. The number of ether oxygens (including phenoxy) is 1. The van der Waals surface area contributed by atoms with Crippen LogP contribution >= 0.6 is 0 Å². The van der Waals surface area contributed by atoms with E-state index in [9.17, 15) is 13.2 Å². The van der Waals surface area contributed by atoms with E-state index in [1.807, 2.05) is 0 Å². The van der Waals surface area contributed by atoms with Gasteiger partial charge in [-0.1, -0.05) is 38.3 Å². The summed E-state index contributed by atoms with van der Waals surface area (Å²) in [6, 6.07) is 5.87. The molecule has 1 aromatic rings. The van der Waals surface area contributed by atoms with Crippen molar-refractivity contribution >= 4 is 0 Å². The second-order valence-corrected chi connectivity index (χ2v) is 8.52. The van der Waals surface area contributed by atoms with Crippen LogP contribution in [0.2, 0.25) is 0 Å². The molecule has 1 nitrogen and oxygen atoms in total. The fourth-order valence-corrected chi connectivity index (χ4v) is 5.02. The Morgan fingerprint density at radius 2 is 1.59 bits per heavy atom. The lowest BCUT2D eigenvalue weighted by molar-refractivity contribution is -0.137. The first-order chi connectivity index (χ1) is 13.0. The maximum absolute atomic E-state index is 12.8. The van der Waals surface area contributed by atoms with Gasteiger partial charge in [-0.15, -0.1) is 0 Å². The molecule has 1 aromatic carbocycles. The number of hydrogen-bond donors (Lipinski definition) is 0. The number of alkyl halides is 3. The van der Waals surface area contributed by atoms with Crippen LogP contribution in [0.1, 0.15) is 88.2 Å². The maximum Gasteiger partial charge on any atom is 0.416 e. The number of rotatable bonds is 7. The average Bonchev–Trinajstić information content (AvgIpc) is 2.67. The zero-order valence-electron chi connectivity index (χ0n) is 16.4. The Bertz CT molecular complexity index is 566. The standard InChI is InChI=1S/C23H33F3O/c1-2-3-4-5-14-27-22-13-10-19-15-18(6-7-20(19)16-22)17-8-11-21(12-9-17)23(24,25)26/h8-9,11-12,18-20,22H,2-7,10,13-16H2,1H3. The summed E-state index contributed by atoms with van der Waals surface area (Å²) in [4.78, 5) is 0. The summed E-state index contributed by atoms with van der Waals surface area (Å²) in [6.45, 7) is 3.12. The molecular formula is C23H33F3O. The molecule has 27 heavy (non-hydrogen) atoms. The molecule has 4 heteroatoms. The van der Waals surface area contributed by atoms with Crippen LogP contribution in [0, 0.1) is 11.8 Å². The van der Waals surface area contributed by atoms with Gasteiger partial charge in [-0.2, -0.15) is 13.2 Å². The Kier molecular flexibility index (Phi) is 7.24. The lowest BCUT2D eigenvalue weighted by Crippen LogP contribution is -2.34. The quantitative estimate of drug-likeness (QED) is 0.448. The molecule has 0 spiro atoms. The first-order valence-electron chi connectivity index (χ1n) is 10.8. The highest BCUT2D eigenvalue weighted by atomic mass is 19.4. The average molecular weight is 383 g/mol. The van der Waals surface area contributed by atoms with E-state index < -0.39 is 11.7 Å². The van der Waals surface area contributed by atoms with Crippen molar-refractivity contribution in [3.05, 3.63) is 35.4 Å². The SMILES string of the molecule is CCCCCCOC1CCC2CC(c3ccc(C(F)(F)F)cc3)CCC2C1. The molecule has 152 valence electrons. The van der Waals surface area contributed by atoms with Gasteiger partial charge in [0.15, 0.2) is 0 Å². The van der Waals surface area contributed by atoms with Crippen molar-refractivity contribution in [2.24, 2.45) is 11.8 Å². The van der Waals surface area contributed by atoms with Crippen LogP contribution in [0.15, 0.2) is 24.3 Å². The normalized spacial score (nSPS) is 28.7. The Balaban J connectivity index is 1.46. The highest BCUT2D eigenvalue weighted by Gasteiger charge is 2.36. The lowest BCUT2D eigenvalue weighted by atomic mass is 9.65. The third kappa shape index (κ3) is 5.73. The fraction of sp³-hybridized carbons (Fsp3) is 0.739. The van der Waals surface area contributed by atoms with Crippen LogP contribution < -0.4 is 0 Å². The molecule has 2 aliphatic rings. The second kappa shape index (κ2) is 9.45. The van der Waals surface area contributed by atoms with E-state index in [1.165, 1.54) is 57.1 Å². The van der Waals surface area contributed by atoms with Gasteiger partial charge in [0.25, 0.3) is 0 Å². The molecule has 0 aliphatic heterocycles. The van der Waals surface area contributed by atoms with E-state index in [-0.39, 0.29) is 0 Å². The summed E-state index contributed by atoms with van der Waals surface area (Å²) in [6.07, 6.45) is 8.12. The number of unbranched alkanes of at least 4 members (excludes halogenated alkanes) is 3. The van der Waals surface area contributed by atoms with Gasteiger partial charge in [0.1, 0.15) is 0 Å². The minimum absolute atomic E-state index is 0.417. The summed E-state index contributed by atoms with van der Waals surface area (Å²) in [5.74, 6) is 1.87. The van der Waals surface area contributed by atoms with Gasteiger partial charge >= 0.3 is 6.18 Å². The molecule has 4 unspecified atom stereocenters. The van der Waals surface area contributed by atoms with E-state index >= 15 is 0 Å². The monoisotopic (exact) mass is 382 g/mol. The van der Waals surface area contributed by atoms with E-state index in [1.54, 1.807) is 12.1 Å². The van der Waals surface area contributed by atoms with Gasteiger partial charge in [-0.3, -0.25) is 0 Å². The van der Waals surface area contributed by atoms with Gasteiger partial charge in [0, 0.05) is 6.61 Å². The summed E-state index contributed by atoms with van der Waals surface area (Å²) in [5, 5.41) is 0. The van der Waals surface area contributed by atoms with Crippen molar-refractivity contribution in [1.82, 2.24) is 0 Å². The van der Waals surface area contributed by atoms with Crippen molar-refractivity contribution in [1.29, 1.82) is 0 Å². The van der Waals surface area contributed by atoms with Gasteiger partial charge in [-0.05, 0) is 80.4 Å². The summed E-state index contributed by atoms with van der Waals surface area (Å²) < 4.78 is 44.4. The van der Waals surface area contributed by atoms with Crippen molar-refractivity contribution in [2.75, 3.05) is 6.61 Å². The van der Waals surface area contributed by atoms with E-state index in [2.05, 4.69) is 6.92 Å². The summed E-state index contributed by atoms with van der Waals surface area (Å²) in [5.41, 5.74) is 0.535. The van der Waals surface area contributed by atoms with Crippen LogP contribution in [0.4, 0.5) is 13.2 Å². The molecule has 4 atom stereocenters. The zero-order valence-corrected chi connectivity index (χ0v) is 16.4. The predicted molar refractivity (Wildman–Crippen MR) is 103 cm³/mol. The number of benzene rings is 1. The molecule has 0 heterocycles. The Morgan fingerprint density at radius 3 is 2.30 bits per heavy atom. The first-order valence-corrected chi connectivity index (χ1v) is 10.8. The number of fused-ring (bicyclic) bond motifs is 1. The maximum atomic E-state index is 12.8. The molecule has 0 N–H and O–H groups in total. The molecule has 0 radical (unpaired) electrons. The van der Waals surface area contributed by atoms with Crippen LogP contribution in [-0.2, 0) is 10.9 Å². The second-order valence-electron chi connectivity index (χ2n) is 8.52. The van der Waals surface area contributed by atoms with Gasteiger partial charge in [0.2, 0.25) is 0 Å². The van der Waals surface area contributed by atoms with Crippen molar-refractivity contribution < 1.29 is 17.9 Å². The predicted octanol–water partition coefficient (Wildman–Crippen LogP) is 7.35. The van der Waals surface area contributed by atoms with Crippen LogP contribution in [-0.4, -0.2) is 12.7 Å². The van der Waals surface area contributed by atoms with Crippen molar-refractivity contribution in [2.45, 2.75) is 89.3 Å². The van der Waals surface area contributed by atoms with Crippen molar-refractivity contribution in [3.8, 4) is 0 Å². The minimum atomic E-state index is -4.24. The van der Waals surface area contributed by atoms with E-state index in [4.69, 9.17) is 4.74 Å². The number of halogens is 3. The third-order valence-electron chi connectivity index (χ3n) is 6.63. The lowest BCUT2D eigenvalue weighted by Gasteiger charge is -2.42. The van der Waals surface area contributed by atoms with Crippen LogP contribution in [0.3, 0.4) is 0 Å². The Hall–Kier alpha value is -1.03. The van der Waals surface area contributed by atoms with Gasteiger partial charge < -0.3 is 4.74 Å². The van der Waals surface area contributed by atoms with E-state index in [0.717, 1.165) is 37.4 Å². The van der Waals surface area contributed by atoms with Crippen LogP contribution in [0.5, 0.6) is 0 Å². The Labute approximate surface area is 161 Å². The fourth-order valence-electron chi connectivity index (χ4n) is 5.02. The van der Waals surface area contributed by atoms with Crippen molar-refractivity contribution in [3.63, 3.8) is 0 Å². The molecule has 0 aromatic heterocycles. The summed E-state index contributed by atoms with van der Waals surface area (Å²) in [7, 11) is 0. The van der Waals surface area contributed by atoms with Gasteiger partial charge in [0.05, 0.1) is 11.7 Å². The van der Waals surface area contributed by atoms with Gasteiger partial charge in [-0.25, -0.2) is 0 Å². The zero-order chi connectivity index (χ0) is 19.3. The molecule has 2 aliphatic carbocycles. The molecule has 0 saturated heterocycles. The first kappa shape index (κ1) is 20.7. The summed E-state index contributed by atoms with van der Waals surface area (Å²) >= 11 is 0. The topological polar surface area (TPSA) is 9.23 Å². The molecular weight excluding hydrogens is 349 g/mol. The highest BCUT2D eigenvalue weighted by molar-refractivity contribution is 5.27. The molecule has 2 saturated carbocycles. The minimum Gasteiger partial charge on any atom is -0.378 e. The molecule has 0 bridgehead atoms. The van der Waals surface area contributed by atoms with Crippen LogP contribution in [0.25, 0.3) is 0 Å². The third-order valence-corrected chi connectivity index (χ3v) is 6.63. The molecule has 2 fully saturated rings. The molecule has 3 rings (SSSR count). The highest BCUT2D eigenvalue weighted by Crippen LogP contribution is 2.47. The smallest absolute Gasteiger partial charge is 0.378 e.